The zero-order valence-corrected chi connectivity index (χ0v) is 25.6. The van der Waals surface area contributed by atoms with Crippen LogP contribution in [0.1, 0.15) is 43.4 Å². The van der Waals surface area contributed by atoms with Crippen molar-refractivity contribution in [2.45, 2.75) is 62.5 Å². The van der Waals surface area contributed by atoms with E-state index < -0.39 is 12.1 Å². The number of carboxylic acid groups (broad SMARTS) is 1. The molecule has 0 unspecified atom stereocenters. The Kier molecular flexibility index (Phi) is 10.6. The van der Waals surface area contributed by atoms with Gasteiger partial charge in [0.2, 0.25) is 0 Å². The van der Waals surface area contributed by atoms with Crippen LogP contribution in [0.25, 0.3) is 11.1 Å². The highest BCUT2D eigenvalue weighted by Gasteiger charge is 2.28. The predicted octanol–water partition coefficient (Wildman–Crippen LogP) is 7.15. The quantitative estimate of drug-likeness (QED) is 0.181. The van der Waals surface area contributed by atoms with Gasteiger partial charge in [-0.3, -0.25) is 4.79 Å². The molecule has 8 heteroatoms. The number of nitrogens with zero attached hydrogens (tertiary/aromatic N) is 1. The predicted molar refractivity (Wildman–Crippen MR) is 166 cm³/mol. The van der Waals surface area contributed by atoms with E-state index in [2.05, 4.69) is 43.4 Å². The molecule has 0 spiro atoms. The number of likely N-dealkylation sites (N-methyl/N-ethyl adjacent to an activating group) is 1. The van der Waals surface area contributed by atoms with E-state index in [1.807, 2.05) is 47.8 Å². The minimum absolute atomic E-state index is 0.0731. The van der Waals surface area contributed by atoms with Gasteiger partial charge in [0.05, 0.1) is 21.0 Å². The van der Waals surface area contributed by atoms with Crippen LogP contribution in [0.3, 0.4) is 0 Å². The molecule has 1 aliphatic carbocycles. The Labute approximate surface area is 252 Å². The van der Waals surface area contributed by atoms with Crippen molar-refractivity contribution < 1.29 is 15.0 Å². The number of aliphatic hydroxyl groups excluding tert-OH is 1. The molecule has 0 saturated heterocycles. The highest BCUT2D eigenvalue weighted by atomic mass is 35.5. The second-order valence-electron chi connectivity index (χ2n) is 11.4. The number of carbonyl (C=O) groups is 1. The molecule has 5 nitrogen and oxygen atoms in total. The Hall–Kier alpha value is -2.06. The topological polar surface area (TPSA) is 72.8 Å². The van der Waals surface area contributed by atoms with Crippen molar-refractivity contribution in [3.63, 3.8) is 0 Å². The van der Waals surface area contributed by atoms with Crippen LogP contribution in [0.15, 0.2) is 65.6 Å². The van der Waals surface area contributed by atoms with Crippen LogP contribution in [-0.4, -0.2) is 52.3 Å². The largest absolute Gasteiger partial charge is 0.481 e. The Bertz CT molecular complexity index is 1270. The van der Waals surface area contributed by atoms with Gasteiger partial charge in [0.1, 0.15) is 0 Å². The van der Waals surface area contributed by atoms with Crippen molar-refractivity contribution in [3.8, 4) is 11.1 Å². The monoisotopic (exact) mass is 600 g/mol. The zero-order chi connectivity index (χ0) is 28.9. The molecule has 0 heterocycles. The van der Waals surface area contributed by atoms with Gasteiger partial charge in [0, 0.05) is 25.0 Å². The molecular formula is C32H38Cl2N2O3S. The Morgan fingerprint density at radius 3 is 2.23 bits per heavy atom. The summed E-state index contributed by atoms with van der Waals surface area (Å²) in [7, 11) is 1.92. The summed E-state index contributed by atoms with van der Waals surface area (Å²) in [6.07, 6.45) is 3.36. The molecule has 0 bridgehead atoms. The molecule has 0 radical (unpaired) electrons. The number of β-amino-alcohol motifs (C(OH)–C–C–N with tert-alkyl or cyclic N) is 1. The van der Waals surface area contributed by atoms with E-state index in [-0.39, 0.29) is 12.0 Å². The van der Waals surface area contributed by atoms with Crippen molar-refractivity contribution in [1.82, 2.24) is 9.62 Å². The maximum absolute atomic E-state index is 10.8. The first kappa shape index (κ1) is 30.9. The fourth-order valence-electron chi connectivity index (χ4n) is 5.47. The highest BCUT2D eigenvalue weighted by Crippen LogP contribution is 2.39. The lowest BCUT2D eigenvalue weighted by Crippen LogP contribution is -2.46. The SMILES string of the molecule is CN(C[C@H](O)CNC(C)(C)CC1Cc2ccccc2C1)Sc1c(Cl)cc(-c2ccc(CCC(=O)O)cc2)cc1Cl. The third kappa shape index (κ3) is 8.72. The fraction of sp³-hybridized carbons (Fsp3) is 0.406. The maximum atomic E-state index is 10.8. The first-order valence-electron chi connectivity index (χ1n) is 13.7. The van der Waals surface area contributed by atoms with Gasteiger partial charge in [-0.1, -0.05) is 71.7 Å². The number of aliphatic hydroxyl groups is 1. The normalized spacial score (nSPS) is 14.5. The molecule has 3 aromatic rings. The lowest BCUT2D eigenvalue weighted by atomic mass is 9.88. The van der Waals surface area contributed by atoms with Gasteiger partial charge in [-0.05, 0) is 104 Å². The van der Waals surface area contributed by atoms with E-state index in [0.29, 0.717) is 35.5 Å². The number of aliphatic carboxylic acids is 1. The van der Waals surface area contributed by atoms with Crippen molar-refractivity contribution in [2.24, 2.45) is 5.92 Å². The van der Waals surface area contributed by atoms with Crippen molar-refractivity contribution in [2.75, 3.05) is 20.1 Å². The van der Waals surface area contributed by atoms with E-state index in [4.69, 9.17) is 28.3 Å². The maximum Gasteiger partial charge on any atom is 0.303 e. The number of fused-ring (bicyclic) bond motifs is 1. The highest BCUT2D eigenvalue weighted by molar-refractivity contribution is 7.97. The minimum Gasteiger partial charge on any atom is -0.481 e. The zero-order valence-electron chi connectivity index (χ0n) is 23.3. The second kappa shape index (κ2) is 13.7. The average Bonchev–Trinajstić information content (AvgIpc) is 3.30. The molecule has 40 heavy (non-hydrogen) atoms. The Balaban J connectivity index is 1.27. The van der Waals surface area contributed by atoms with Gasteiger partial charge in [0.25, 0.3) is 0 Å². The van der Waals surface area contributed by atoms with E-state index in [1.54, 1.807) is 0 Å². The molecule has 1 aliphatic rings. The summed E-state index contributed by atoms with van der Waals surface area (Å²) < 4.78 is 1.96. The summed E-state index contributed by atoms with van der Waals surface area (Å²) in [4.78, 5) is 11.6. The first-order chi connectivity index (χ1) is 19.0. The summed E-state index contributed by atoms with van der Waals surface area (Å²) in [5.41, 5.74) is 5.69. The lowest BCUT2D eigenvalue weighted by molar-refractivity contribution is -0.136. The van der Waals surface area contributed by atoms with Gasteiger partial charge in [-0.25, -0.2) is 4.31 Å². The molecule has 0 aliphatic heterocycles. The number of carboxylic acids is 1. The van der Waals surface area contributed by atoms with E-state index >= 15 is 0 Å². The molecule has 214 valence electrons. The number of hydrogen-bond acceptors (Lipinski definition) is 5. The molecule has 0 aromatic heterocycles. The third-order valence-corrected chi connectivity index (χ3v) is 9.28. The van der Waals surface area contributed by atoms with Crippen molar-refractivity contribution in [1.29, 1.82) is 0 Å². The van der Waals surface area contributed by atoms with Crippen LogP contribution in [0.4, 0.5) is 0 Å². The Morgan fingerprint density at radius 1 is 1.05 bits per heavy atom. The van der Waals surface area contributed by atoms with E-state index in [9.17, 15) is 9.90 Å². The fourth-order valence-corrected chi connectivity index (χ4v) is 7.01. The number of hydrogen-bond donors (Lipinski definition) is 3. The standard InChI is InChI=1S/C32H38Cl2N2O3S/c1-32(2,18-22-14-24-6-4-5-7-25(24)15-22)35-19-27(37)20-36(3)40-31-28(33)16-26(17-29(31)34)23-11-8-21(9-12-23)10-13-30(38)39/h4-9,11-12,16-17,22,27,35,37H,10,13-15,18-20H2,1-3H3,(H,38,39)/t27-/m1/s1. The molecule has 3 N–H and O–H groups in total. The van der Waals surface area contributed by atoms with Crippen LogP contribution in [0.5, 0.6) is 0 Å². The van der Waals surface area contributed by atoms with Crippen LogP contribution in [0, 0.1) is 5.92 Å². The summed E-state index contributed by atoms with van der Waals surface area (Å²) in [6.45, 7) is 5.38. The first-order valence-corrected chi connectivity index (χ1v) is 15.2. The number of aryl methyl sites for hydroxylation is 1. The number of nitrogens with one attached hydrogen (secondary N) is 1. The van der Waals surface area contributed by atoms with E-state index in [1.165, 1.54) is 23.1 Å². The molecule has 1 atom stereocenters. The lowest BCUT2D eigenvalue weighted by Gasteiger charge is -2.31. The summed E-state index contributed by atoms with van der Waals surface area (Å²) in [5, 5.41) is 24.3. The van der Waals surface area contributed by atoms with Gasteiger partial charge in [0.15, 0.2) is 0 Å². The van der Waals surface area contributed by atoms with Crippen molar-refractivity contribution in [3.05, 3.63) is 87.4 Å². The molecule has 0 saturated carbocycles. The van der Waals surface area contributed by atoms with Crippen LogP contribution in [-0.2, 0) is 24.1 Å². The van der Waals surface area contributed by atoms with Crippen LogP contribution >= 0.6 is 35.1 Å². The van der Waals surface area contributed by atoms with Gasteiger partial charge in [-0.15, -0.1) is 0 Å². The molecule has 4 rings (SSSR count). The van der Waals surface area contributed by atoms with Gasteiger partial charge < -0.3 is 15.5 Å². The second-order valence-corrected chi connectivity index (χ2v) is 13.5. The third-order valence-electron chi connectivity index (χ3n) is 7.38. The van der Waals surface area contributed by atoms with Crippen LogP contribution < -0.4 is 5.32 Å². The molecule has 3 aromatic carbocycles. The minimum atomic E-state index is -0.806. The molecule has 0 fully saturated rings. The summed E-state index contributed by atoms with van der Waals surface area (Å²) in [6, 6.07) is 20.3. The summed E-state index contributed by atoms with van der Waals surface area (Å²) in [5.74, 6) is -0.184. The van der Waals surface area contributed by atoms with Gasteiger partial charge >= 0.3 is 5.97 Å². The van der Waals surface area contributed by atoms with Gasteiger partial charge in [-0.2, -0.15) is 0 Å². The van der Waals surface area contributed by atoms with Crippen molar-refractivity contribution >= 4 is 41.1 Å². The molecule has 0 amide bonds. The number of halogens is 2. The van der Waals surface area contributed by atoms with E-state index in [0.717, 1.165) is 40.8 Å². The number of benzene rings is 3. The number of rotatable bonds is 13. The van der Waals surface area contributed by atoms with Crippen LogP contribution in [0.2, 0.25) is 10.0 Å². The Morgan fingerprint density at radius 2 is 1.65 bits per heavy atom. The molecular weight excluding hydrogens is 563 g/mol. The summed E-state index contributed by atoms with van der Waals surface area (Å²) >= 11 is 14.7. The smallest absolute Gasteiger partial charge is 0.303 e. The average molecular weight is 602 g/mol.